The Balaban J connectivity index is 1.62. The second kappa shape index (κ2) is 7.00. The summed E-state index contributed by atoms with van der Waals surface area (Å²) >= 11 is 1.47. The van der Waals surface area contributed by atoms with E-state index in [-0.39, 0.29) is 17.6 Å². The van der Waals surface area contributed by atoms with Gasteiger partial charge in [-0.1, -0.05) is 30.3 Å². The number of nitrogens with two attached hydrogens (primary N) is 1. The normalized spacial score (nSPS) is 18.0. The van der Waals surface area contributed by atoms with Crippen LogP contribution < -0.4 is 5.14 Å². The molecule has 0 spiro atoms. The molecule has 24 heavy (non-hydrogen) atoms. The number of amides is 1. The van der Waals surface area contributed by atoms with Gasteiger partial charge >= 0.3 is 0 Å². The van der Waals surface area contributed by atoms with Crippen LogP contribution in [-0.2, 0) is 16.4 Å². The van der Waals surface area contributed by atoms with Gasteiger partial charge in [-0.15, -0.1) is 11.3 Å². The molecular weight excluding hydrogens is 346 g/mol. The van der Waals surface area contributed by atoms with Crippen LogP contribution in [0.25, 0.3) is 0 Å². The van der Waals surface area contributed by atoms with Crippen molar-refractivity contribution in [2.75, 3.05) is 18.8 Å². The van der Waals surface area contributed by atoms with Crippen molar-refractivity contribution in [2.45, 2.75) is 12.8 Å². The van der Waals surface area contributed by atoms with E-state index in [1.54, 1.807) is 10.3 Å². The van der Waals surface area contributed by atoms with E-state index in [9.17, 15) is 13.2 Å². The average Bonchev–Trinajstić information content (AvgIpc) is 3.16. The van der Waals surface area contributed by atoms with Gasteiger partial charge in [-0.25, -0.2) is 18.5 Å². The molecule has 0 unspecified atom stereocenters. The zero-order valence-electron chi connectivity index (χ0n) is 13.1. The van der Waals surface area contributed by atoms with Crippen LogP contribution in [0, 0.1) is 5.92 Å². The Kier molecular flexibility index (Phi) is 4.98. The molecule has 0 aliphatic carbocycles. The summed E-state index contributed by atoms with van der Waals surface area (Å²) in [7, 11) is -3.50. The number of carbonyl (C=O) groups excluding carboxylic acids is 1. The zero-order chi connectivity index (χ0) is 17.2. The molecule has 6 nitrogen and oxygen atoms in total. The van der Waals surface area contributed by atoms with Gasteiger partial charge in [-0.3, -0.25) is 4.79 Å². The highest BCUT2D eigenvalue weighted by Crippen LogP contribution is 2.21. The molecule has 8 heteroatoms. The fourth-order valence-electron chi connectivity index (χ4n) is 2.90. The summed E-state index contributed by atoms with van der Waals surface area (Å²) in [6.07, 6.45) is 1.36. The first-order chi connectivity index (χ1) is 11.4. The van der Waals surface area contributed by atoms with E-state index in [2.05, 4.69) is 4.98 Å². The van der Waals surface area contributed by atoms with Crippen molar-refractivity contribution in [2.24, 2.45) is 11.1 Å². The van der Waals surface area contributed by atoms with Crippen molar-refractivity contribution >= 4 is 27.3 Å². The predicted octanol–water partition coefficient (Wildman–Crippen LogP) is 1.48. The molecular formula is C16H19N3O3S2. The number of hydrogen-bond acceptors (Lipinski definition) is 5. The summed E-state index contributed by atoms with van der Waals surface area (Å²) in [5.41, 5.74) is 1.59. The molecule has 1 aliphatic heterocycles. The van der Waals surface area contributed by atoms with Gasteiger partial charge in [0.05, 0.1) is 10.8 Å². The highest BCUT2D eigenvalue weighted by atomic mass is 32.2. The summed E-state index contributed by atoms with van der Waals surface area (Å²) in [5.74, 6) is -0.304. The first-order valence-corrected chi connectivity index (χ1v) is 10.3. The molecule has 1 fully saturated rings. The molecule has 1 atom stereocenters. The largest absolute Gasteiger partial charge is 0.337 e. The second-order valence-corrected chi connectivity index (χ2v) is 8.63. The molecule has 2 N–H and O–H groups in total. The smallest absolute Gasteiger partial charge is 0.273 e. The van der Waals surface area contributed by atoms with E-state index in [1.807, 2.05) is 30.3 Å². The fourth-order valence-corrected chi connectivity index (χ4v) is 4.64. The molecule has 1 amide bonds. The minimum atomic E-state index is -3.50. The Morgan fingerprint density at radius 3 is 2.79 bits per heavy atom. The summed E-state index contributed by atoms with van der Waals surface area (Å²) in [4.78, 5) is 18.6. The van der Waals surface area contributed by atoms with E-state index < -0.39 is 10.0 Å². The third kappa shape index (κ3) is 4.40. The minimum absolute atomic E-state index is 0.0763. The molecule has 0 radical (unpaired) electrons. The summed E-state index contributed by atoms with van der Waals surface area (Å²) in [6.45, 7) is 0.964. The number of rotatable bonds is 5. The molecule has 0 saturated carbocycles. The van der Waals surface area contributed by atoms with Gasteiger partial charge < -0.3 is 4.90 Å². The minimum Gasteiger partial charge on any atom is -0.337 e. The summed E-state index contributed by atoms with van der Waals surface area (Å²) in [6, 6.07) is 9.98. The molecule has 1 aliphatic rings. The van der Waals surface area contributed by atoms with Gasteiger partial charge in [0.15, 0.2) is 0 Å². The Morgan fingerprint density at radius 2 is 2.08 bits per heavy atom. The number of primary sulfonamides is 1. The fraction of sp³-hybridized carbons (Fsp3) is 0.375. The monoisotopic (exact) mass is 365 g/mol. The number of hydrogen-bond donors (Lipinski definition) is 1. The highest BCUT2D eigenvalue weighted by Gasteiger charge is 2.30. The van der Waals surface area contributed by atoms with Crippen molar-refractivity contribution in [3.63, 3.8) is 0 Å². The van der Waals surface area contributed by atoms with Gasteiger partial charge in [0.25, 0.3) is 5.91 Å². The van der Waals surface area contributed by atoms with Crippen molar-refractivity contribution in [3.05, 3.63) is 52.0 Å². The van der Waals surface area contributed by atoms with E-state index >= 15 is 0 Å². The van der Waals surface area contributed by atoms with Crippen molar-refractivity contribution in [1.29, 1.82) is 0 Å². The highest BCUT2D eigenvalue weighted by molar-refractivity contribution is 7.89. The molecule has 2 heterocycles. The van der Waals surface area contributed by atoms with Crippen molar-refractivity contribution in [1.82, 2.24) is 9.88 Å². The van der Waals surface area contributed by atoms with Crippen LogP contribution in [0.15, 0.2) is 35.7 Å². The number of sulfonamides is 1. The third-order valence-electron chi connectivity index (χ3n) is 4.01. The zero-order valence-corrected chi connectivity index (χ0v) is 14.7. The van der Waals surface area contributed by atoms with Gasteiger partial charge in [0.1, 0.15) is 5.69 Å². The van der Waals surface area contributed by atoms with Gasteiger partial charge in [-0.05, 0) is 17.9 Å². The lowest BCUT2D eigenvalue weighted by Gasteiger charge is -2.14. The predicted molar refractivity (Wildman–Crippen MR) is 93.3 cm³/mol. The van der Waals surface area contributed by atoms with Crippen LogP contribution in [0.5, 0.6) is 0 Å². The second-order valence-electron chi connectivity index (χ2n) is 6.02. The lowest BCUT2D eigenvalue weighted by atomic mass is 10.2. The maximum atomic E-state index is 12.5. The lowest BCUT2D eigenvalue weighted by molar-refractivity contribution is 0.0783. The van der Waals surface area contributed by atoms with Gasteiger partial charge in [0.2, 0.25) is 10.0 Å². The first kappa shape index (κ1) is 17.1. The van der Waals surface area contributed by atoms with Crippen LogP contribution >= 0.6 is 11.3 Å². The van der Waals surface area contributed by atoms with Crippen LogP contribution in [0.1, 0.15) is 27.5 Å². The quantitative estimate of drug-likeness (QED) is 0.868. The maximum absolute atomic E-state index is 12.5. The maximum Gasteiger partial charge on any atom is 0.273 e. The third-order valence-corrected chi connectivity index (χ3v) is 5.79. The standard InChI is InChI=1S/C16H19N3O3S2/c17-24(21,22)11-13-6-7-19(9-13)16(20)14-10-23-15(18-14)8-12-4-2-1-3-5-12/h1-5,10,13H,6-9,11H2,(H2,17,21,22)/t13-/m1/s1. The number of nitrogens with zero attached hydrogens (tertiary/aromatic N) is 2. The number of aromatic nitrogens is 1. The summed E-state index contributed by atoms with van der Waals surface area (Å²) < 4.78 is 22.3. The van der Waals surface area contributed by atoms with E-state index in [0.717, 1.165) is 10.6 Å². The molecule has 1 saturated heterocycles. The number of likely N-dealkylation sites (tertiary alicyclic amines) is 1. The van der Waals surface area contributed by atoms with Crippen LogP contribution in [0.2, 0.25) is 0 Å². The number of thiazole rings is 1. The molecule has 128 valence electrons. The average molecular weight is 365 g/mol. The molecule has 1 aromatic carbocycles. The molecule has 3 rings (SSSR count). The Hall–Kier alpha value is -1.77. The van der Waals surface area contributed by atoms with Crippen molar-refractivity contribution < 1.29 is 13.2 Å². The number of carbonyl (C=O) groups is 1. The molecule has 2 aromatic rings. The van der Waals surface area contributed by atoms with Crippen LogP contribution in [0.4, 0.5) is 0 Å². The van der Waals surface area contributed by atoms with E-state index in [4.69, 9.17) is 5.14 Å². The lowest BCUT2D eigenvalue weighted by Crippen LogP contribution is -2.31. The van der Waals surface area contributed by atoms with Crippen LogP contribution in [-0.4, -0.2) is 43.1 Å². The Morgan fingerprint density at radius 1 is 1.33 bits per heavy atom. The van der Waals surface area contributed by atoms with E-state index in [1.165, 1.54) is 11.3 Å². The molecule has 0 bridgehead atoms. The molecule has 1 aromatic heterocycles. The van der Waals surface area contributed by atoms with Gasteiger partial charge in [-0.2, -0.15) is 0 Å². The van der Waals surface area contributed by atoms with Gasteiger partial charge in [0, 0.05) is 24.9 Å². The van der Waals surface area contributed by atoms with E-state index in [0.29, 0.717) is 31.6 Å². The van der Waals surface area contributed by atoms with Crippen LogP contribution in [0.3, 0.4) is 0 Å². The topological polar surface area (TPSA) is 93.4 Å². The SMILES string of the molecule is NS(=O)(=O)C[C@@H]1CCN(C(=O)c2csc(Cc3ccccc3)n2)C1. The Labute approximate surface area is 145 Å². The first-order valence-electron chi connectivity index (χ1n) is 7.69. The van der Waals surface area contributed by atoms with Crippen molar-refractivity contribution in [3.8, 4) is 0 Å². The summed E-state index contributed by atoms with van der Waals surface area (Å²) in [5, 5.41) is 7.75. The Bertz CT molecular complexity index is 818. The number of benzene rings is 1.